The lowest BCUT2D eigenvalue weighted by Crippen LogP contribution is -2.51. The lowest BCUT2D eigenvalue weighted by Gasteiger charge is -2.42. The van der Waals surface area contributed by atoms with Gasteiger partial charge in [-0.05, 0) is 81.1 Å². The van der Waals surface area contributed by atoms with Gasteiger partial charge in [0.15, 0.2) is 6.19 Å². The van der Waals surface area contributed by atoms with Gasteiger partial charge in [0, 0.05) is 38.3 Å². The molecule has 0 radical (unpaired) electrons. The van der Waals surface area contributed by atoms with Gasteiger partial charge >= 0.3 is 6.09 Å². The highest BCUT2D eigenvalue weighted by Crippen LogP contribution is 2.29. The molecule has 0 spiro atoms. The zero-order chi connectivity index (χ0) is 26.4. The van der Waals surface area contributed by atoms with Crippen molar-refractivity contribution in [3.63, 3.8) is 0 Å². The molecule has 37 heavy (non-hydrogen) atoms. The minimum atomic E-state index is -3.67. The van der Waals surface area contributed by atoms with E-state index in [0.717, 1.165) is 38.8 Å². The van der Waals surface area contributed by atoms with Crippen molar-refractivity contribution in [1.82, 2.24) is 9.80 Å². The predicted octanol–water partition coefficient (Wildman–Crippen LogP) is 3.90. The summed E-state index contributed by atoms with van der Waals surface area (Å²) in [4.78, 5) is 18.3. The van der Waals surface area contributed by atoms with Gasteiger partial charge in [-0.2, -0.15) is 5.26 Å². The topological polar surface area (TPSA) is 103 Å². The minimum absolute atomic E-state index is 0.0601. The molecule has 0 atom stereocenters. The number of nitriles is 1. The standard InChI is InChI=1S/C27H34N4O5S/c1-3-36-27(32)30-18-12-21(13-19-30)29-16-14-23(15-17-29)31(20-28)22-4-8-25(9-5-22)37(33,34)26-10-6-24(35-2)7-11-26/h4-11,21,23H,3,12-19H2,1-2H3. The number of sulfone groups is 1. The number of rotatable bonds is 7. The van der Waals surface area contributed by atoms with Gasteiger partial charge in [-0.1, -0.05) is 0 Å². The number of hydrogen-bond acceptors (Lipinski definition) is 8. The Labute approximate surface area is 219 Å². The number of likely N-dealkylation sites (tertiary alicyclic amines) is 2. The molecule has 198 valence electrons. The fraction of sp³-hybridized carbons (Fsp3) is 0.481. The molecular formula is C27H34N4O5S. The van der Waals surface area contributed by atoms with Crippen LogP contribution in [0, 0.1) is 11.5 Å². The normalized spacial score (nSPS) is 17.7. The van der Waals surface area contributed by atoms with Crippen LogP contribution in [0.5, 0.6) is 5.75 Å². The Kier molecular flexibility index (Phi) is 8.56. The van der Waals surface area contributed by atoms with Gasteiger partial charge in [0.05, 0.1) is 29.2 Å². The zero-order valence-electron chi connectivity index (χ0n) is 21.4. The second-order valence-electron chi connectivity index (χ2n) is 9.33. The van der Waals surface area contributed by atoms with Crippen molar-refractivity contribution >= 4 is 21.6 Å². The second-order valence-corrected chi connectivity index (χ2v) is 11.3. The van der Waals surface area contributed by atoms with Crippen molar-refractivity contribution in [2.24, 2.45) is 0 Å². The summed E-state index contributed by atoms with van der Waals surface area (Å²) in [6.07, 6.45) is 5.62. The first kappa shape index (κ1) is 26.8. The third kappa shape index (κ3) is 6.00. The van der Waals surface area contributed by atoms with Gasteiger partial charge in [0.1, 0.15) is 5.75 Å². The lowest BCUT2D eigenvalue weighted by molar-refractivity contribution is 0.0666. The Bertz CT molecular complexity index is 1190. The van der Waals surface area contributed by atoms with Crippen LogP contribution in [-0.4, -0.2) is 76.3 Å². The molecule has 2 heterocycles. The van der Waals surface area contributed by atoms with Crippen molar-refractivity contribution in [2.45, 2.75) is 54.5 Å². The van der Waals surface area contributed by atoms with Crippen molar-refractivity contribution in [2.75, 3.05) is 44.8 Å². The van der Waals surface area contributed by atoms with Crippen LogP contribution in [-0.2, 0) is 14.6 Å². The van der Waals surface area contributed by atoms with Crippen LogP contribution >= 0.6 is 0 Å². The zero-order valence-corrected chi connectivity index (χ0v) is 22.2. The summed E-state index contributed by atoms with van der Waals surface area (Å²) < 4.78 is 36.2. The van der Waals surface area contributed by atoms with E-state index in [4.69, 9.17) is 9.47 Å². The summed E-state index contributed by atoms with van der Waals surface area (Å²) in [7, 11) is -2.13. The number of carbonyl (C=O) groups is 1. The van der Waals surface area contributed by atoms with E-state index in [1.54, 1.807) is 46.2 Å². The van der Waals surface area contributed by atoms with Crippen LogP contribution in [0.25, 0.3) is 0 Å². The van der Waals surface area contributed by atoms with Crippen molar-refractivity contribution < 1.29 is 22.7 Å². The van der Waals surface area contributed by atoms with Crippen LogP contribution in [0.15, 0.2) is 58.3 Å². The summed E-state index contributed by atoms with van der Waals surface area (Å²) in [5.74, 6) is 0.590. The molecule has 0 bridgehead atoms. The number of nitrogens with zero attached hydrogens (tertiary/aromatic N) is 4. The van der Waals surface area contributed by atoms with Crippen LogP contribution < -0.4 is 9.64 Å². The van der Waals surface area contributed by atoms with Gasteiger partial charge in [-0.15, -0.1) is 0 Å². The maximum absolute atomic E-state index is 13.0. The number of piperidine rings is 2. The fourth-order valence-electron chi connectivity index (χ4n) is 5.16. The molecule has 0 N–H and O–H groups in total. The molecule has 4 rings (SSSR count). The van der Waals surface area contributed by atoms with Gasteiger partial charge in [-0.25, -0.2) is 13.2 Å². The number of benzene rings is 2. The number of hydrogen-bond donors (Lipinski definition) is 0. The molecule has 0 saturated carbocycles. The van der Waals surface area contributed by atoms with Gasteiger partial charge in [0.2, 0.25) is 9.84 Å². The van der Waals surface area contributed by atoms with Crippen LogP contribution in [0.2, 0.25) is 0 Å². The number of methoxy groups -OCH3 is 1. The van der Waals surface area contributed by atoms with Gasteiger partial charge < -0.3 is 19.3 Å². The summed E-state index contributed by atoms with van der Waals surface area (Å²) in [5, 5.41) is 9.91. The molecule has 2 saturated heterocycles. The number of ether oxygens (including phenoxy) is 2. The highest BCUT2D eigenvalue weighted by Gasteiger charge is 2.32. The molecule has 2 aromatic carbocycles. The first-order valence-corrected chi connectivity index (χ1v) is 14.2. The molecule has 9 nitrogen and oxygen atoms in total. The molecule has 10 heteroatoms. The van der Waals surface area contributed by atoms with Gasteiger partial charge in [0.25, 0.3) is 0 Å². The summed E-state index contributed by atoms with van der Waals surface area (Å²) >= 11 is 0. The molecular weight excluding hydrogens is 492 g/mol. The number of amides is 1. The Balaban J connectivity index is 1.35. The van der Waals surface area contributed by atoms with Crippen molar-refractivity contribution in [3.8, 4) is 11.9 Å². The largest absolute Gasteiger partial charge is 0.497 e. The quantitative estimate of drug-likeness (QED) is 0.395. The Morgan fingerprint density at radius 3 is 2.05 bits per heavy atom. The van der Waals surface area contributed by atoms with E-state index in [-0.39, 0.29) is 21.9 Å². The predicted molar refractivity (Wildman–Crippen MR) is 139 cm³/mol. The number of carbonyl (C=O) groups excluding carboxylic acids is 1. The molecule has 2 aromatic rings. The fourth-order valence-corrected chi connectivity index (χ4v) is 6.43. The van der Waals surface area contributed by atoms with E-state index < -0.39 is 9.84 Å². The number of anilines is 1. The summed E-state index contributed by atoms with van der Waals surface area (Å²) in [5.41, 5.74) is 0.692. The van der Waals surface area contributed by atoms with E-state index in [2.05, 4.69) is 11.1 Å². The average molecular weight is 527 g/mol. The molecule has 0 aliphatic carbocycles. The van der Waals surface area contributed by atoms with Crippen LogP contribution in [0.3, 0.4) is 0 Å². The van der Waals surface area contributed by atoms with Crippen molar-refractivity contribution in [3.05, 3.63) is 48.5 Å². The smallest absolute Gasteiger partial charge is 0.409 e. The minimum Gasteiger partial charge on any atom is -0.497 e. The Morgan fingerprint density at radius 2 is 1.54 bits per heavy atom. The Morgan fingerprint density at radius 1 is 0.973 bits per heavy atom. The first-order chi connectivity index (χ1) is 17.9. The summed E-state index contributed by atoms with van der Waals surface area (Å²) in [6, 6.07) is 13.3. The molecule has 1 amide bonds. The third-order valence-corrected chi connectivity index (χ3v) is 9.06. The maximum Gasteiger partial charge on any atom is 0.409 e. The lowest BCUT2D eigenvalue weighted by atomic mass is 9.97. The van der Waals surface area contributed by atoms with Crippen LogP contribution in [0.1, 0.15) is 32.6 Å². The van der Waals surface area contributed by atoms with E-state index in [0.29, 0.717) is 37.2 Å². The van der Waals surface area contributed by atoms with E-state index in [1.807, 2.05) is 6.92 Å². The summed E-state index contributed by atoms with van der Waals surface area (Å²) in [6.45, 7) is 5.40. The molecule has 0 aromatic heterocycles. The van der Waals surface area contributed by atoms with Crippen molar-refractivity contribution in [1.29, 1.82) is 5.26 Å². The molecule has 2 aliphatic rings. The molecule has 2 aliphatic heterocycles. The van der Waals surface area contributed by atoms with Gasteiger partial charge in [-0.3, -0.25) is 4.90 Å². The maximum atomic E-state index is 13.0. The van der Waals surface area contributed by atoms with E-state index >= 15 is 0 Å². The monoisotopic (exact) mass is 526 g/mol. The average Bonchev–Trinajstić information content (AvgIpc) is 2.94. The molecule has 0 unspecified atom stereocenters. The highest BCUT2D eigenvalue weighted by molar-refractivity contribution is 7.91. The van der Waals surface area contributed by atoms with Crippen LogP contribution in [0.4, 0.5) is 10.5 Å². The molecule has 2 fully saturated rings. The SMILES string of the molecule is CCOC(=O)N1CCC(N2CCC(N(C#N)c3ccc(S(=O)(=O)c4ccc(OC)cc4)cc3)CC2)CC1. The third-order valence-electron chi connectivity index (χ3n) is 7.27. The first-order valence-electron chi connectivity index (χ1n) is 12.7. The van der Waals surface area contributed by atoms with E-state index in [1.165, 1.54) is 19.2 Å². The second kappa shape index (κ2) is 11.8. The Hall–Kier alpha value is -3.29. The van der Waals surface area contributed by atoms with E-state index in [9.17, 15) is 18.5 Å². The highest BCUT2D eigenvalue weighted by atomic mass is 32.2.